The first-order valence-corrected chi connectivity index (χ1v) is 43.9. The summed E-state index contributed by atoms with van der Waals surface area (Å²) in [4.78, 5) is 122. The van der Waals surface area contributed by atoms with E-state index < -0.39 is 40.1 Å². The molecule has 2 unspecified atom stereocenters. The number of amides is 5. The van der Waals surface area contributed by atoms with Gasteiger partial charge in [0.25, 0.3) is 22.7 Å². The second-order valence-corrected chi connectivity index (χ2v) is 34.3. The number of hydrogen-bond donors (Lipinski definition) is 12. The van der Waals surface area contributed by atoms with Gasteiger partial charge in [-0.3, -0.25) is 50.2 Å². The molecule has 5 amide bonds. The van der Waals surface area contributed by atoms with Gasteiger partial charge in [-0.1, -0.05) is 10.3 Å². The number of nitrogens with zero attached hydrogens (tertiary/aromatic N) is 29. The van der Waals surface area contributed by atoms with Gasteiger partial charge < -0.3 is 103 Å². The van der Waals surface area contributed by atoms with Gasteiger partial charge in [-0.2, -0.15) is 34.6 Å². The monoisotopic (exact) mass is 1890 g/mol. The number of carbonyl (C=O) groups excluding carboxylic acids is 3. The maximum atomic E-state index is 11.6. The first-order valence-electron chi connectivity index (χ1n) is 42.1. The Balaban J connectivity index is 0.000000726. The van der Waals surface area contributed by atoms with Crippen LogP contribution in [-0.4, -0.2) is 493 Å². The van der Waals surface area contributed by atoms with Gasteiger partial charge in [0, 0.05) is 115 Å². The van der Waals surface area contributed by atoms with Crippen molar-refractivity contribution >= 4 is 101 Å². The Kier molecular flexibility index (Phi) is 59.3. The molecule has 51 nitrogen and oxygen atoms in total. The molecule has 736 valence electrons. The van der Waals surface area contributed by atoms with Gasteiger partial charge >= 0.3 is 39.9 Å². The van der Waals surface area contributed by atoms with Crippen molar-refractivity contribution in [1.29, 1.82) is 0 Å². The van der Waals surface area contributed by atoms with E-state index in [1.54, 1.807) is 23.9 Å². The molecule has 0 aliphatic carbocycles. The average molecular weight is 1890 g/mol. The Morgan fingerprint density at radius 1 is 0.504 bits per heavy atom. The number of tetrazole rings is 1. The van der Waals surface area contributed by atoms with Gasteiger partial charge in [-0.15, -0.1) is 19.7 Å². The van der Waals surface area contributed by atoms with E-state index in [0.717, 1.165) is 180 Å². The number of aromatic amines is 7. The number of aromatic hydroxyl groups is 1. The summed E-state index contributed by atoms with van der Waals surface area (Å²) in [6.45, 7) is 18.7. The molecule has 54 heteroatoms. The van der Waals surface area contributed by atoms with Crippen LogP contribution in [0.3, 0.4) is 0 Å². The normalized spacial score (nSPS) is 13.1. The lowest BCUT2D eigenvalue weighted by Crippen LogP contribution is -2.45. The lowest BCUT2D eigenvalue weighted by Gasteiger charge is -2.22. The number of imide groups is 1. The average Bonchev–Trinajstić information content (AvgIpc) is 1.16. The Morgan fingerprint density at radius 2 is 0.961 bits per heavy atom. The van der Waals surface area contributed by atoms with E-state index in [9.17, 15) is 38.1 Å². The molecule has 7 aromatic rings. The Bertz CT molecular complexity index is 4230. The van der Waals surface area contributed by atoms with E-state index >= 15 is 0 Å². The van der Waals surface area contributed by atoms with Crippen molar-refractivity contribution in [3.05, 3.63) is 52.7 Å². The maximum Gasteiger partial charge on any atom is 0.342 e. The van der Waals surface area contributed by atoms with Crippen molar-refractivity contribution in [2.45, 2.75) is 70.9 Å². The smallest absolute Gasteiger partial charge is 0.342 e. The largest absolute Gasteiger partial charge is 0.502 e. The number of aryl methyl sites for hydroxylation is 1. The zero-order valence-corrected chi connectivity index (χ0v) is 83.9. The maximum absolute atomic E-state index is 11.6. The van der Waals surface area contributed by atoms with Gasteiger partial charge in [-0.05, 0) is 287 Å². The standard InChI is InChI=1S/C10H16N2O3.C9H19N5.C9H18N4O2.C8H17N7O.C8H17N5O.C8H17N5S.C8H16N4OS.C8H16N4O.C7H16N4O2S/c1-11(2)5-4-6-12(3)7-8(13)10(15)9(7)14;1-8-10-9(12-11-8)14(4)7-5-6-13(2)3;1-12(2)5-4-6-13(3)7-8(14)11-9(15)10-7;1-14(2)5-4-6-15(3)8(16)9-7-10-12-13-11-7;2*1-12(2)5-4-6-13(3)7-9-8(14)11-10-7;1-11(2)5-4-6-12(3)7-9-8(14)13-10-7;1-11(2)5-4-6-12(3)8-9-7-10-13-8;1-10(2)5-4-6-11(3)7-8-13-14(12)9-7/h13H,4-6H2,1-3H3;5-7H2,1-4H3,(H,10,11,12);7H,4-6H2,1-3H3,(H2,10,11,14,15);4-6H2,1-3H3,(H2,9,10,11,12,13,16);2*4-6H2,1-3H3,(H2,9,10,11,14);4-6H2,1-3H3,(H,9,10,14);7H,4-6H2,1-3H3;4-6H2,1-3H3,(H,8,9). The van der Waals surface area contributed by atoms with Gasteiger partial charge in [0.1, 0.15) is 11.5 Å². The van der Waals surface area contributed by atoms with Crippen molar-refractivity contribution in [2.75, 3.05) is 343 Å². The molecule has 0 saturated carbocycles. The number of likely N-dealkylation sites (N-methyl/N-ethyl adjacent to an activating group) is 1. The summed E-state index contributed by atoms with van der Waals surface area (Å²) in [5.41, 5.74) is 1.04. The fourth-order valence-electron chi connectivity index (χ4n) is 10.9. The molecule has 9 rings (SSSR count). The number of nitrogens with one attached hydrogen (secondary N) is 11. The summed E-state index contributed by atoms with van der Waals surface area (Å²) in [6.07, 6.45) is 10.1. The number of hydroxylamine groups is 1. The fourth-order valence-corrected chi connectivity index (χ4v) is 11.6. The van der Waals surface area contributed by atoms with Crippen LogP contribution in [0.25, 0.3) is 0 Å². The highest BCUT2D eigenvalue weighted by Crippen LogP contribution is 2.19. The summed E-state index contributed by atoms with van der Waals surface area (Å²) in [5, 5.41) is 54.3. The van der Waals surface area contributed by atoms with Crippen LogP contribution in [0.4, 0.5) is 51.0 Å². The molecular formula is C75H152N40O11S3. The number of anilines is 7. The van der Waals surface area contributed by atoms with Crippen molar-refractivity contribution in [1.82, 2.24) is 161 Å². The van der Waals surface area contributed by atoms with Crippen molar-refractivity contribution < 1.29 is 37.0 Å². The summed E-state index contributed by atoms with van der Waals surface area (Å²) in [5.74, 6) is 3.77. The van der Waals surface area contributed by atoms with Crippen LogP contribution in [0.1, 0.15) is 63.6 Å². The van der Waals surface area contributed by atoms with Gasteiger partial charge in [0.2, 0.25) is 34.5 Å². The van der Waals surface area contributed by atoms with E-state index in [0.29, 0.717) is 41.7 Å². The number of aromatic nitrogens is 17. The summed E-state index contributed by atoms with van der Waals surface area (Å²) in [7, 11) is 53.6. The van der Waals surface area contributed by atoms with Crippen LogP contribution in [0.2, 0.25) is 0 Å². The minimum atomic E-state index is -1.56. The van der Waals surface area contributed by atoms with Crippen molar-refractivity contribution in [3.8, 4) is 5.75 Å². The molecule has 12 N–H and O–H groups in total. The fraction of sp³-hybridized carbons (Fsp3) is 0.747. The van der Waals surface area contributed by atoms with Gasteiger partial charge in [0.15, 0.2) is 18.2 Å². The molecule has 1 aromatic carbocycles. The highest BCUT2D eigenvalue weighted by molar-refractivity contribution is 7.79. The second kappa shape index (κ2) is 65.4. The quantitative estimate of drug-likeness (QED) is 0.0133. The van der Waals surface area contributed by atoms with E-state index in [2.05, 4.69) is 222 Å². The molecule has 1 saturated heterocycles. The molecule has 129 heavy (non-hydrogen) atoms. The second-order valence-electron chi connectivity index (χ2n) is 32.8. The highest BCUT2D eigenvalue weighted by atomic mass is 32.2. The number of H-pyrrole nitrogens is 7. The molecule has 6 aromatic heterocycles. The number of hydrogen-bond acceptors (Lipinski definition) is 41. The predicted molar refractivity (Wildman–Crippen MR) is 513 cm³/mol. The Labute approximate surface area is 772 Å². The van der Waals surface area contributed by atoms with E-state index in [1.807, 2.05) is 156 Å². The lowest BCUT2D eigenvalue weighted by molar-refractivity contribution is -0.123. The molecule has 0 bridgehead atoms. The van der Waals surface area contributed by atoms with Crippen LogP contribution < -0.4 is 67.4 Å². The number of rotatable bonds is 44. The number of guanidine groups is 1. The molecule has 8 heterocycles. The minimum absolute atomic E-state index is 0.152. The van der Waals surface area contributed by atoms with Crippen LogP contribution in [0, 0.1) is 16.5 Å². The van der Waals surface area contributed by atoms with Crippen molar-refractivity contribution in [2.24, 2.45) is 4.40 Å². The highest BCUT2D eigenvalue weighted by Gasteiger charge is 2.32. The van der Waals surface area contributed by atoms with E-state index in [-0.39, 0.29) is 34.1 Å². The molecule has 1 fully saturated rings. The van der Waals surface area contributed by atoms with E-state index in [1.165, 1.54) is 6.33 Å². The predicted octanol–water partition coefficient (Wildman–Crippen LogP) is -0.214. The van der Waals surface area contributed by atoms with Gasteiger partial charge in [0.05, 0.1) is 0 Å². The van der Waals surface area contributed by atoms with Crippen LogP contribution >= 0.6 is 24.4 Å². The SMILES string of the molecule is CN(C)CCCN(C)C(=O)Nc1nn[nH]n1.CN(C)CCCN(C)C1=NS(=O)ON1.CN(C)CCCN(C)C1NC(=O)NC1=O.CN(C)CCCN(C)c1c(O)c(=O)c1=O.CN(C)CCCN(C)c1n[nH]c(=O)[nH]1.CN(C)CCCN(C)c1nc(=S)[nH][nH]1.CN(C)CCCN(C)c1nc(=S)o[nH]1.CN(C)CCCN(C)c1ncno1.Cc1nc(N(C)CCCN(C)C)n[nH]1. The molecular weight excluding hydrogens is 1730 g/mol. The summed E-state index contributed by atoms with van der Waals surface area (Å²) in [6, 6.07) is -0.0663. The molecule has 0 radical (unpaired) electrons. The third-order valence-corrected chi connectivity index (χ3v) is 19.0. The third-order valence-electron chi connectivity index (χ3n) is 18.1. The third kappa shape index (κ3) is 54.2. The number of carbonyl (C=O) groups is 3. The summed E-state index contributed by atoms with van der Waals surface area (Å²) >= 11 is 8.07. The summed E-state index contributed by atoms with van der Waals surface area (Å²) < 4.78 is 29.3. The first-order chi connectivity index (χ1) is 60.7. The molecule has 2 aliphatic rings. The topological polar surface area (TPSA) is 533 Å². The zero-order valence-electron chi connectivity index (χ0n) is 81.5. The number of urea groups is 2. The van der Waals surface area contributed by atoms with Crippen LogP contribution in [0.5, 0.6) is 5.75 Å². The Morgan fingerprint density at radius 3 is 1.34 bits per heavy atom. The van der Waals surface area contributed by atoms with E-state index in [4.69, 9.17) is 33.5 Å². The molecule has 0 spiro atoms. The van der Waals surface area contributed by atoms with Crippen LogP contribution in [-0.2, 0) is 20.3 Å². The molecule has 2 aliphatic heterocycles. The Hall–Kier alpha value is -10.1. The molecule has 2 atom stereocenters. The lowest BCUT2D eigenvalue weighted by atomic mass is 10.2. The first kappa shape index (κ1) is 117. The van der Waals surface area contributed by atoms with Gasteiger partial charge in [-0.25, -0.2) is 29.2 Å². The van der Waals surface area contributed by atoms with Crippen LogP contribution in [0.15, 0.2) is 34.2 Å². The van der Waals surface area contributed by atoms with Crippen molar-refractivity contribution in [3.63, 3.8) is 0 Å². The minimum Gasteiger partial charge on any atom is -0.502 e. The zero-order chi connectivity index (χ0) is 97.4.